The predicted octanol–water partition coefficient (Wildman–Crippen LogP) is 6.71. The van der Waals surface area contributed by atoms with E-state index in [1.54, 1.807) is 0 Å². The summed E-state index contributed by atoms with van der Waals surface area (Å²) < 4.78 is 11.9. The van der Waals surface area contributed by atoms with E-state index in [0.717, 1.165) is 53.8 Å². The summed E-state index contributed by atoms with van der Waals surface area (Å²) in [5, 5.41) is 2.65. The van der Waals surface area contributed by atoms with Crippen LogP contribution in [0.25, 0.3) is 10.8 Å². The van der Waals surface area contributed by atoms with Crippen LogP contribution >= 0.6 is 23.2 Å². The Morgan fingerprint density at radius 1 is 0.958 bits per heavy atom. The highest BCUT2D eigenvalue weighted by molar-refractivity contribution is 6.33. The predicted molar refractivity (Wildman–Crippen MR) is 104 cm³/mol. The van der Waals surface area contributed by atoms with Crippen molar-refractivity contribution in [2.24, 2.45) is 5.92 Å². The lowest BCUT2D eigenvalue weighted by Crippen LogP contribution is -2.06. The van der Waals surface area contributed by atoms with Gasteiger partial charge in [0.1, 0.15) is 11.5 Å². The fourth-order valence-corrected chi connectivity index (χ4v) is 2.98. The van der Waals surface area contributed by atoms with Crippen LogP contribution in [0, 0.1) is 5.92 Å². The number of benzene rings is 2. The maximum absolute atomic E-state index is 6.45. The number of alkyl halides is 1. The van der Waals surface area contributed by atoms with Crippen molar-refractivity contribution < 1.29 is 9.47 Å². The van der Waals surface area contributed by atoms with Crippen LogP contribution in [0.1, 0.15) is 39.5 Å². The molecule has 0 unspecified atom stereocenters. The smallest absolute Gasteiger partial charge is 0.145 e. The quantitative estimate of drug-likeness (QED) is 0.342. The van der Waals surface area contributed by atoms with E-state index in [9.17, 15) is 0 Å². The average molecular weight is 369 g/mol. The van der Waals surface area contributed by atoms with Gasteiger partial charge in [-0.25, -0.2) is 0 Å². The third kappa shape index (κ3) is 5.46. The van der Waals surface area contributed by atoms with Gasteiger partial charge in [-0.05, 0) is 18.8 Å². The third-order valence-electron chi connectivity index (χ3n) is 3.76. The first kappa shape index (κ1) is 19.2. The molecule has 0 radical (unpaired) electrons. The van der Waals surface area contributed by atoms with Crippen molar-refractivity contribution >= 4 is 34.0 Å². The van der Waals surface area contributed by atoms with E-state index in [1.807, 2.05) is 24.3 Å². The van der Waals surface area contributed by atoms with Crippen LogP contribution in [0.4, 0.5) is 0 Å². The fraction of sp³-hybridized carbons (Fsp3) is 0.500. The first-order valence-corrected chi connectivity index (χ1v) is 9.57. The van der Waals surface area contributed by atoms with Crippen molar-refractivity contribution in [1.82, 2.24) is 0 Å². The molecule has 0 aliphatic rings. The first-order chi connectivity index (χ1) is 11.6. The number of halogens is 2. The Balaban J connectivity index is 2.12. The minimum absolute atomic E-state index is 0.448. The summed E-state index contributed by atoms with van der Waals surface area (Å²) in [5.41, 5.74) is 0. The molecule has 0 fully saturated rings. The number of rotatable bonds is 10. The zero-order chi connectivity index (χ0) is 17.4. The largest absolute Gasteiger partial charge is 0.493 e. The van der Waals surface area contributed by atoms with Crippen molar-refractivity contribution in [2.75, 3.05) is 19.1 Å². The van der Waals surface area contributed by atoms with Gasteiger partial charge < -0.3 is 9.47 Å². The number of fused-ring (bicyclic) bond motifs is 1. The van der Waals surface area contributed by atoms with Gasteiger partial charge in [0.05, 0.1) is 18.2 Å². The fourth-order valence-electron chi connectivity index (χ4n) is 2.53. The van der Waals surface area contributed by atoms with Crippen molar-refractivity contribution in [3.8, 4) is 11.5 Å². The molecule has 2 rings (SSSR count). The Morgan fingerprint density at radius 3 is 2.38 bits per heavy atom. The van der Waals surface area contributed by atoms with Crippen molar-refractivity contribution in [2.45, 2.75) is 39.5 Å². The Labute approximate surface area is 155 Å². The van der Waals surface area contributed by atoms with E-state index in [-0.39, 0.29) is 0 Å². The molecule has 0 spiro atoms. The molecule has 2 aromatic carbocycles. The van der Waals surface area contributed by atoms with Crippen molar-refractivity contribution in [3.63, 3.8) is 0 Å². The van der Waals surface area contributed by atoms with E-state index in [1.165, 1.54) is 0 Å². The summed E-state index contributed by atoms with van der Waals surface area (Å²) in [6.07, 6.45) is 4.37. The lowest BCUT2D eigenvalue weighted by molar-refractivity contribution is 0.273. The van der Waals surface area contributed by atoms with Gasteiger partial charge in [0.15, 0.2) is 0 Å². The lowest BCUT2D eigenvalue weighted by Gasteiger charge is -2.16. The van der Waals surface area contributed by atoms with Crippen LogP contribution in [0.3, 0.4) is 0 Å². The van der Waals surface area contributed by atoms with Crippen LogP contribution in [0.2, 0.25) is 5.02 Å². The summed E-state index contributed by atoms with van der Waals surface area (Å²) in [6, 6.07) is 9.96. The molecule has 0 saturated heterocycles. The van der Waals surface area contributed by atoms with E-state index in [2.05, 4.69) is 19.9 Å². The Morgan fingerprint density at radius 2 is 1.67 bits per heavy atom. The van der Waals surface area contributed by atoms with E-state index in [0.29, 0.717) is 24.2 Å². The molecule has 24 heavy (non-hydrogen) atoms. The molecule has 2 nitrogen and oxygen atoms in total. The minimum Gasteiger partial charge on any atom is -0.493 e. The lowest BCUT2D eigenvalue weighted by atomic mass is 10.1. The van der Waals surface area contributed by atoms with Gasteiger partial charge in [0.25, 0.3) is 0 Å². The maximum Gasteiger partial charge on any atom is 0.145 e. The molecule has 4 heteroatoms. The van der Waals surface area contributed by atoms with Gasteiger partial charge >= 0.3 is 0 Å². The minimum atomic E-state index is 0.448. The van der Waals surface area contributed by atoms with Crippen molar-refractivity contribution in [3.05, 3.63) is 35.4 Å². The molecule has 0 bridgehead atoms. The van der Waals surface area contributed by atoms with E-state index >= 15 is 0 Å². The van der Waals surface area contributed by atoms with Gasteiger partial charge in [-0.2, -0.15) is 0 Å². The Hall–Kier alpha value is -1.12. The topological polar surface area (TPSA) is 18.5 Å². The van der Waals surface area contributed by atoms with Gasteiger partial charge in [-0.3, -0.25) is 0 Å². The Bertz CT molecular complexity index is 641. The van der Waals surface area contributed by atoms with Crippen LogP contribution in [-0.4, -0.2) is 19.1 Å². The molecule has 132 valence electrons. The van der Waals surface area contributed by atoms with Gasteiger partial charge in [0, 0.05) is 22.7 Å². The van der Waals surface area contributed by atoms with E-state index < -0.39 is 0 Å². The van der Waals surface area contributed by atoms with Gasteiger partial charge in [0.2, 0.25) is 0 Å². The highest BCUT2D eigenvalue weighted by Crippen LogP contribution is 2.39. The molecule has 0 aliphatic carbocycles. The molecule has 2 aromatic rings. The molecular weight excluding hydrogens is 343 g/mol. The second-order valence-corrected chi connectivity index (χ2v) is 7.17. The zero-order valence-corrected chi connectivity index (χ0v) is 16.0. The first-order valence-electron chi connectivity index (χ1n) is 8.66. The molecule has 0 aromatic heterocycles. The van der Waals surface area contributed by atoms with Crippen molar-refractivity contribution in [1.29, 1.82) is 0 Å². The molecule has 0 atom stereocenters. The highest BCUT2D eigenvalue weighted by atomic mass is 35.5. The van der Waals surface area contributed by atoms with Crippen LogP contribution in [0.15, 0.2) is 30.3 Å². The molecular formula is C20H26Cl2O2. The van der Waals surface area contributed by atoms with Gasteiger partial charge in [-0.1, -0.05) is 62.6 Å². The van der Waals surface area contributed by atoms with Crippen LogP contribution < -0.4 is 9.47 Å². The monoisotopic (exact) mass is 368 g/mol. The molecule has 0 aliphatic heterocycles. The second kappa shape index (κ2) is 10.0. The highest BCUT2D eigenvalue weighted by Gasteiger charge is 2.13. The maximum atomic E-state index is 6.45. The SMILES string of the molecule is CC(C)COc1c(Cl)cc(OCCCCCCCl)c2ccccc12. The normalized spacial score (nSPS) is 11.2. The summed E-state index contributed by atoms with van der Waals surface area (Å²) in [6.45, 7) is 5.58. The molecule has 0 N–H and O–H groups in total. The number of hydrogen-bond acceptors (Lipinski definition) is 2. The summed E-state index contributed by atoms with van der Waals surface area (Å²) >= 11 is 12.1. The number of hydrogen-bond donors (Lipinski definition) is 0. The number of ether oxygens (including phenoxy) is 2. The zero-order valence-electron chi connectivity index (χ0n) is 14.5. The van der Waals surface area contributed by atoms with E-state index in [4.69, 9.17) is 32.7 Å². The summed E-state index contributed by atoms with van der Waals surface area (Å²) in [5.74, 6) is 2.75. The summed E-state index contributed by atoms with van der Waals surface area (Å²) in [7, 11) is 0. The third-order valence-corrected chi connectivity index (χ3v) is 4.31. The number of unbranched alkanes of at least 4 members (excludes halogenated alkanes) is 3. The average Bonchev–Trinajstić information content (AvgIpc) is 2.57. The van der Waals surface area contributed by atoms with Crippen LogP contribution in [-0.2, 0) is 0 Å². The summed E-state index contributed by atoms with van der Waals surface area (Å²) in [4.78, 5) is 0. The van der Waals surface area contributed by atoms with Crippen LogP contribution in [0.5, 0.6) is 11.5 Å². The Kier molecular flexibility index (Phi) is 8.01. The molecule has 0 amide bonds. The standard InChI is InChI=1S/C20H26Cl2O2/c1-15(2)14-24-20-17-10-6-5-9-16(17)19(13-18(20)22)23-12-8-4-3-7-11-21/h5-6,9-10,13,15H,3-4,7-8,11-12,14H2,1-2H3. The second-order valence-electron chi connectivity index (χ2n) is 6.39. The van der Waals surface area contributed by atoms with Gasteiger partial charge in [-0.15, -0.1) is 11.6 Å². The molecule has 0 heterocycles. The molecule has 0 saturated carbocycles.